The molecular formula is C14H20N4. The Balaban J connectivity index is 2.39. The molecule has 0 saturated heterocycles. The predicted octanol–water partition coefficient (Wildman–Crippen LogP) is 2.13. The van der Waals surface area contributed by atoms with Gasteiger partial charge in [0, 0.05) is 29.7 Å². The second-order valence-electron chi connectivity index (χ2n) is 4.76. The maximum atomic E-state index is 5.32. The Bertz CT molecular complexity index is 566. The van der Waals surface area contributed by atoms with E-state index < -0.39 is 0 Å². The lowest BCUT2D eigenvalue weighted by molar-refractivity contribution is 0.385. The van der Waals surface area contributed by atoms with Crippen molar-refractivity contribution in [3.8, 4) is 0 Å². The largest absolute Gasteiger partial charge is 0.390 e. The van der Waals surface area contributed by atoms with E-state index in [1.54, 1.807) is 0 Å². The van der Waals surface area contributed by atoms with E-state index in [1.165, 1.54) is 22.9 Å². The number of aromatic nitrogens is 1. The Morgan fingerprint density at radius 2 is 2.11 bits per heavy atom. The Kier molecular flexibility index (Phi) is 3.67. The zero-order valence-electron chi connectivity index (χ0n) is 11.2. The predicted molar refractivity (Wildman–Crippen MR) is 77.6 cm³/mol. The lowest BCUT2D eigenvalue weighted by atomic mass is 10.2. The Morgan fingerprint density at radius 3 is 2.78 bits per heavy atom. The molecule has 1 aromatic carbocycles. The van der Waals surface area contributed by atoms with E-state index in [4.69, 9.17) is 5.73 Å². The summed E-state index contributed by atoms with van der Waals surface area (Å²) in [5.41, 5.74) is 8.75. The monoisotopic (exact) mass is 244 g/mol. The molecule has 0 spiro atoms. The first kappa shape index (κ1) is 12.6. The SMILES string of the molecule is Cc1cc2cc(N=CN)ccc2n1CCN(C)C. The molecule has 4 heteroatoms. The van der Waals surface area contributed by atoms with Gasteiger partial charge in [-0.05, 0) is 45.3 Å². The lowest BCUT2D eigenvalue weighted by Crippen LogP contribution is -2.18. The highest BCUT2D eigenvalue weighted by Crippen LogP contribution is 2.24. The number of rotatable bonds is 4. The summed E-state index contributed by atoms with van der Waals surface area (Å²) >= 11 is 0. The smallest absolute Gasteiger partial charge is 0.0860 e. The van der Waals surface area contributed by atoms with Crippen LogP contribution < -0.4 is 5.73 Å². The van der Waals surface area contributed by atoms with Gasteiger partial charge in [-0.25, -0.2) is 4.99 Å². The Hall–Kier alpha value is -1.81. The van der Waals surface area contributed by atoms with Crippen LogP contribution >= 0.6 is 0 Å². The van der Waals surface area contributed by atoms with Crippen molar-refractivity contribution >= 4 is 22.9 Å². The van der Waals surface area contributed by atoms with Crippen LogP contribution in [0.1, 0.15) is 5.69 Å². The van der Waals surface area contributed by atoms with Gasteiger partial charge in [0.15, 0.2) is 0 Å². The summed E-state index contributed by atoms with van der Waals surface area (Å²) in [6.45, 7) is 4.18. The maximum Gasteiger partial charge on any atom is 0.0860 e. The highest BCUT2D eigenvalue weighted by Gasteiger charge is 2.06. The summed E-state index contributed by atoms with van der Waals surface area (Å²) in [4.78, 5) is 6.30. The number of aliphatic imine (C=N–C) groups is 1. The topological polar surface area (TPSA) is 46.5 Å². The van der Waals surface area contributed by atoms with E-state index >= 15 is 0 Å². The van der Waals surface area contributed by atoms with E-state index in [0.29, 0.717) is 0 Å². The minimum atomic E-state index is 0.898. The third kappa shape index (κ3) is 2.54. The molecular weight excluding hydrogens is 224 g/mol. The Labute approximate surface area is 108 Å². The zero-order chi connectivity index (χ0) is 13.1. The maximum absolute atomic E-state index is 5.32. The number of aryl methyl sites for hydroxylation is 1. The van der Waals surface area contributed by atoms with Crippen LogP contribution in [0.25, 0.3) is 10.9 Å². The van der Waals surface area contributed by atoms with E-state index in [1.807, 2.05) is 6.07 Å². The summed E-state index contributed by atoms with van der Waals surface area (Å²) in [5.74, 6) is 0. The van der Waals surface area contributed by atoms with Crippen LogP contribution in [0.3, 0.4) is 0 Å². The molecule has 0 amide bonds. The molecule has 18 heavy (non-hydrogen) atoms. The van der Waals surface area contributed by atoms with E-state index in [2.05, 4.69) is 53.7 Å². The molecule has 0 atom stereocenters. The first-order chi connectivity index (χ1) is 8.61. The van der Waals surface area contributed by atoms with E-state index in [0.717, 1.165) is 18.8 Å². The number of likely N-dealkylation sites (N-methyl/N-ethyl adjacent to an activating group) is 1. The molecule has 1 aromatic heterocycles. The number of hydrogen-bond acceptors (Lipinski definition) is 2. The van der Waals surface area contributed by atoms with Crippen molar-refractivity contribution in [2.45, 2.75) is 13.5 Å². The van der Waals surface area contributed by atoms with Crippen LogP contribution in [0.15, 0.2) is 29.3 Å². The van der Waals surface area contributed by atoms with Gasteiger partial charge in [-0.1, -0.05) is 0 Å². The van der Waals surface area contributed by atoms with Crippen LogP contribution in [0, 0.1) is 6.92 Å². The molecule has 0 fully saturated rings. The summed E-state index contributed by atoms with van der Waals surface area (Å²) in [7, 11) is 4.18. The van der Waals surface area contributed by atoms with Crippen LogP contribution in [-0.4, -0.2) is 36.4 Å². The molecule has 2 N–H and O–H groups in total. The Morgan fingerprint density at radius 1 is 1.33 bits per heavy atom. The van der Waals surface area contributed by atoms with Crippen molar-refractivity contribution < 1.29 is 0 Å². The fourth-order valence-corrected chi connectivity index (χ4v) is 2.16. The van der Waals surface area contributed by atoms with Gasteiger partial charge in [0.1, 0.15) is 0 Å². The van der Waals surface area contributed by atoms with Gasteiger partial charge >= 0.3 is 0 Å². The van der Waals surface area contributed by atoms with Gasteiger partial charge in [0.05, 0.1) is 12.0 Å². The molecule has 0 radical (unpaired) electrons. The first-order valence-electron chi connectivity index (χ1n) is 6.10. The van der Waals surface area contributed by atoms with Crippen molar-refractivity contribution in [3.05, 3.63) is 30.0 Å². The quantitative estimate of drug-likeness (QED) is 0.661. The van der Waals surface area contributed by atoms with Crippen LogP contribution in [0.2, 0.25) is 0 Å². The highest BCUT2D eigenvalue weighted by molar-refractivity contribution is 5.84. The van der Waals surface area contributed by atoms with Crippen molar-refractivity contribution in [1.82, 2.24) is 9.47 Å². The third-order valence-electron chi connectivity index (χ3n) is 3.09. The molecule has 4 nitrogen and oxygen atoms in total. The summed E-state index contributed by atoms with van der Waals surface area (Å²) < 4.78 is 2.34. The standard InChI is InChI=1S/C14H20N4/c1-11-8-12-9-13(16-10-15)4-5-14(12)18(11)7-6-17(2)3/h4-5,8-10H,6-7H2,1-3H3,(H2,15,16). The second-order valence-corrected chi connectivity index (χ2v) is 4.76. The fourth-order valence-electron chi connectivity index (χ4n) is 2.16. The molecule has 2 aromatic rings. The molecule has 2 rings (SSSR count). The molecule has 0 unspecified atom stereocenters. The van der Waals surface area contributed by atoms with Gasteiger partial charge in [-0.3, -0.25) is 0 Å². The van der Waals surface area contributed by atoms with Crippen molar-refractivity contribution in [1.29, 1.82) is 0 Å². The molecule has 0 aliphatic rings. The molecule has 96 valence electrons. The van der Waals surface area contributed by atoms with Gasteiger partial charge in [0.2, 0.25) is 0 Å². The zero-order valence-corrected chi connectivity index (χ0v) is 11.2. The minimum Gasteiger partial charge on any atom is -0.390 e. The van der Waals surface area contributed by atoms with Crippen molar-refractivity contribution in [3.63, 3.8) is 0 Å². The normalized spacial score (nSPS) is 12.0. The number of fused-ring (bicyclic) bond motifs is 1. The molecule has 0 aliphatic carbocycles. The lowest BCUT2D eigenvalue weighted by Gasteiger charge is -2.13. The number of nitrogens with two attached hydrogens (primary N) is 1. The van der Waals surface area contributed by atoms with Crippen molar-refractivity contribution in [2.75, 3.05) is 20.6 Å². The average molecular weight is 244 g/mol. The van der Waals surface area contributed by atoms with E-state index in [-0.39, 0.29) is 0 Å². The average Bonchev–Trinajstić information content (AvgIpc) is 2.62. The van der Waals surface area contributed by atoms with Crippen LogP contribution in [0.5, 0.6) is 0 Å². The van der Waals surface area contributed by atoms with Crippen LogP contribution in [0.4, 0.5) is 5.69 Å². The molecule has 1 heterocycles. The first-order valence-corrected chi connectivity index (χ1v) is 6.10. The molecule has 0 bridgehead atoms. The van der Waals surface area contributed by atoms with Crippen molar-refractivity contribution in [2.24, 2.45) is 10.7 Å². The number of hydrogen-bond donors (Lipinski definition) is 1. The summed E-state index contributed by atoms with van der Waals surface area (Å²) in [6, 6.07) is 8.37. The van der Waals surface area contributed by atoms with E-state index in [9.17, 15) is 0 Å². The fraction of sp³-hybridized carbons (Fsp3) is 0.357. The third-order valence-corrected chi connectivity index (χ3v) is 3.09. The van der Waals surface area contributed by atoms with Gasteiger partial charge in [-0.2, -0.15) is 0 Å². The summed E-state index contributed by atoms with van der Waals surface area (Å²) in [6.07, 6.45) is 1.33. The van der Waals surface area contributed by atoms with Gasteiger partial charge < -0.3 is 15.2 Å². The van der Waals surface area contributed by atoms with Crippen LogP contribution in [-0.2, 0) is 6.54 Å². The number of nitrogens with zero attached hydrogens (tertiary/aromatic N) is 3. The molecule has 0 aliphatic heterocycles. The van der Waals surface area contributed by atoms with Gasteiger partial charge in [-0.15, -0.1) is 0 Å². The minimum absolute atomic E-state index is 0.898. The summed E-state index contributed by atoms with van der Waals surface area (Å²) in [5, 5.41) is 1.22. The molecule has 0 saturated carbocycles. The number of benzene rings is 1. The highest BCUT2D eigenvalue weighted by atomic mass is 15.1. The second kappa shape index (κ2) is 5.23. The van der Waals surface area contributed by atoms with Gasteiger partial charge in [0.25, 0.3) is 0 Å².